The van der Waals surface area contributed by atoms with Crippen molar-refractivity contribution in [2.45, 2.75) is 19.4 Å². The summed E-state index contributed by atoms with van der Waals surface area (Å²) in [6.45, 7) is 1.89. The molecule has 24 heavy (non-hydrogen) atoms. The Kier molecular flexibility index (Phi) is 6.20. The van der Waals surface area contributed by atoms with Gasteiger partial charge in [0.15, 0.2) is 0 Å². The number of benzene rings is 2. The normalized spacial score (nSPS) is 12.1. The van der Waals surface area contributed by atoms with Gasteiger partial charge in [0.2, 0.25) is 0 Å². The SMILES string of the molecule is CC[C@H](Nc1ccc(Br)cc1)C(=O)N/N=C/c1ccc(O)cc1O. The number of carbonyl (C=O) groups is 1. The average Bonchev–Trinajstić information content (AvgIpc) is 2.56. The Morgan fingerprint density at radius 1 is 1.25 bits per heavy atom. The summed E-state index contributed by atoms with van der Waals surface area (Å²) in [5, 5.41) is 25.9. The molecule has 0 saturated carbocycles. The highest BCUT2D eigenvalue weighted by molar-refractivity contribution is 9.10. The molecule has 7 heteroatoms. The summed E-state index contributed by atoms with van der Waals surface area (Å²) in [6, 6.07) is 11.2. The minimum absolute atomic E-state index is 0.0431. The zero-order valence-corrected chi connectivity index (χ0v) is 14.6. The fraction of sp³-hybridized carbons (Fsp3) is 0.176. The van der Waals surface area contributed by atoms with Crippen molar-refractivity contribution in [2.75, 3.05) is 5.32 Å². The Bertz CT molecular complexity index is 732. The predicted octanol–water partition coefficient (Wildman–Crippen LogP) is 3.20. The number of anilines is 1. The Hall–Kier alpha value is -2.54. The summed E-state index contributed by atoms with van der Waals surface area (Å²) in [6.07, 6.45) is 1.90. The van der Waals surface area contributed by atoms with Crippen molar-refractivity contribution < 1.29 is 15.0 Å². The molecule has 2 rings (SSSR count). The van der Waals surface area contributed by atoms with Gasteiger partial charge in [-0.2, -0.15) is 5.10 Å². The highest BCUT2D eigenvalue weighted by Crippen LogP contribution is 2.20. The minimum Gasteiger partial charge on any atom is -0.508 e. The molecule has 0 saturated heterocycles. The van der Waals surface area contributed by atoms with Crippen molar-refractivity contribution >= 4 is 33.7 Å². The molecule has 0 aliphatic carbocycles. The number of halogens is 1. The van der Waals surface area contributed by atoms with Gasteiger partial charge in [0, 0.05) is 21.8 Å². The van der Waals surface area contributed by atoms with Crippen molar-refractivity contribution in [1.82, 2.24) is 5.43 Å². The first-order valence-corrected chi connectivity index (χ1v) is 8.16. The Morgan fingerprint density at radius 3 is 2.58 bits per heavy atom. The average molecular weight is 392 g/mol. The lowest BCUT2D eigenvalue weighted by Crippen LogP contribution is -2.36. The molecule has 1 atom stereocenters. The van der Waals surface area contributed by atoms with Crippen molar-refractivity contribution in [3.05, 3.63) is 52.5 Å². The molecule has 2 aromatic rings. The van der Waals surface area contributed by atoms with Gasteiger partial charge in [0.1, 0.15) is 17.5 Å². The lowest BCUT2D eigenvalue weighted by Gasteiger charge is -2.16. The number of hydrazone groups is 1. The highest BCUT2D eigenvalue weighted by atomic mass is 79.9. The number of hydrogen-bond acceptors (Lipinski definition) is 5. The summed E-state index contributed by atoms with van der Waals surface area (Å²) in [4.78, 5) is 12.2. The number of phenolic OH excluding ortho intramolecular Hbond substituents is 2. The molecule has 0 spiro atoms. The monoisotopic (exact) mass is 391 g/mol. The van der Waals surface area contributed by atoms with Crippen LogP contribution in [0.5, 0.6) is 11.5 Å². The van der Waals surface area contributed by atoms with Crippen LogP contribution in [0.4, 0.5) is 5.69 Å². The number of amides is 1. The molecule has 0 fully saturated rings. The summed E-state index contributed by atoms with van der Waals surface area (Å²) in [5.41, 5.74) is 3.67. The lowest BCUT2D eigenvalue weighted by molar-refractivity contribution is -0.121. The molecule has 0 aromatic heterocycles. The van der Waals surface area contributed by atoms with Gasteiger partial charge in [-0.1, -0.05) is 22.9 Å². The standard InChI is InChI=1S/C17H18BrN3O3/c1-2-15(20-13-6-4-12(18)5-7-13)17(24)21-19-10-11-3-8-14(22)9-16(11)23/h3-10,15,20,22-23H,2H2,1H3,(H,21,24)/b19-10+/t15-/m0/s1. The molecule has 0 heterocycles. The number of rotatable bonds is 6. The van der Waals surface area contributed by atoms with Crippen LogP contribution in [0.15, 0.2) is 52.0 Å². The fourth-order valence-electron chi connectivity index (χ4n) is 1.98. The number of aromatic hydroxyl groups is 2. The van der Waals surface area contributed by atoms with Crippen molar-refractivity contribution in [2.24, 2.45) is 5.10 Å². The van der Waals surface area contributed by atoms with Gasteiger partial charge in [-0.3, -0.25) is 4.79 Å². The molecule has 0 aliphatic heterocycles. The maximum Gasteiger partial charge on any atom is 0.262 e. The van der Waals surface area contributed by atoms with Crippen LogP contribution < -0.4 is 10.7 Å². The van der Waals surface area contributed by atoms with E-state index in [9.17, 15) is 15.0 Å². The third-order valence-corrected chi connectivity index (χ3v) is 3.83. The summed E-state index contributed by atoms with van der Waals surface area (Å²) >= 11 is 3.36. The second kappa shape index (κ2) is 8.35. The molecule has 1 amide bonds. The van der Waals surface area contributed by atoms with E-state index in [0.717, 1.165) is 10.2 Å². The Morgan fingerprint density at radius 2 is 1.96 bits per heavy atom. The van der Waals surface area contributed by atoms with E-state index < -0.39 is 6.04 Å². The summed E-state index contributed by atoms with van der Waals surface area (Å²) in [7, 11) is 0. The molecular weight excluding hydrogens is 374 g/mol. The van der Waals surface area contributed by atoms with Gasteiger partial charge in [0.05, 0.1) is 6.21 Å². The lowest BCUT2D eigenvalue weighted by atomic mass is 10.2. The predicted molar refractivity (Wildman–Crippen MR) is 97.4 cm³/mol. The van der Waals surface area contributed by atoms with E-state index in [0.29, 0.717) is 12.0 Å². The molecule has 4 N–H and O–H groups in total. The van der Waals surface area contributed by atoms with Crippen LogP contribution in [0.2, 0.25) is 0 Å². The van der Waals surface area contributed by atoms with E-state index in [1.165, 1.54) is 24.4 Å². The number of hydrogen-bond donors (Lipinski definition) is 4. The minimum atomic E-state index is -0.434. The van der Waals surface area contributed by atoms with Gasteiger partial charge in [-0.15, -0.1) is 0 Å². The second-order valence-corrected chi connectivity index (χ2v) is 6.01. The van der Waals surface area contributed by atoms with Gasteiger partial charge in [0.25, 0.3) is 5.91 Å². The number of carbonyl (C=O) groups excluding carboxylic acids is 1. The molecule has 126 valence electrons. The van der Waals surface area contributed by atoms with Crippen molar-refractivity contribution in [1.29, 1.82) is 0 Å². The third-order valence-electron chi connectivity index (χ3n) is 3.30. The molecular formula is C17H18BrN3O3. The van der Waals surface area contributed by atoms with E-state index in [2.05, 4.69) is 31.8 Å². The van der Waals surface area contributed by atoms with Gasteiger partial charge >= 0.3 is 0 Å². The summed E-state index contributed by atoms with van der Waals surface area (Å²) in [5.74, 6) is -0.443. The van der Waals surface area contributed by atoms with E-state index in [1.54, 1.807) is 0 Å². The molecule has 6 nitrogen and oxygen atoms in total. The third kappa shape index (κ3) is 4.99. The Labute approximate surface area is 148 Å². The van der Waals surface area contributed by atoms with E-state index >= 15 is 0 Å². The van der Waals surface area contributed by atoms with Crippen LogP contribution in [0.25, 0.3) is 0 Å². The molecule has 0 aliphatic rings. The molecule has 0 unspecified atom stereocenters. The van der Waals surface area contributed by atoms with E-state index in [-0.39, 0.29) is 17.4 Å². The highest BCUT2D eigenvalue weighted by Gasteiger charge is 2.15. The van der Waals surface area contributed by atoms with Crippen LogP contribution >= 0.6 is 15.9 Å². The first kappa shape index (κ1) is 17.8. The van der Waals surface area contributed by atoms with E-state index in [1.807, 2.05) is 31.2 Å². The molecule has 0 bridgehead atoms. The van der Waals surface area contributed by atoms with Crippen molar-refractivity contribution in [3.8, 4) is 11.5 Å². The van der Waals surface area contributed by atoms with Crippen LogP contribution in [-0.2, 0) is 4.79 Å². The zero-order valence-electron chi connectivity index (χ0n) is 13.0. The second-order valence-electron chi connectivity index (χ2n) is 5.09. The largest absolute Gasteiger partial charge is 0.508 e. The maximum absolute atomic E-state index is 12.2. The smallest absolute Gasteiger partial charge is 0.262 e. The number of phenols is 2. The zero-order chi connectivity index (χ0) is 17.5. The quantitative estimate of drug-likeness (QED) is 0.449. The molecule has 0 radical (unpaired) electrons. The van der Waals surface area contributed by atoms with Gasteiger partial charge < -0.3 is 15.5 Å². The van der Waals surface area contributed by atoms with E-state index in [4.69, 9.17) is 0 Å². The van der Waals surface area contributed by atoms with Crippen LogP contribution in [0, 0.1) is 0 Å². The van der Waals surface area contributed by atoms with Crippen molar-refractivity contribution in [3.63, 3.8) is 0 Å². The number of nitrogens with one attached hydrogen (secondary N) is 2. The topological polar surface area (TPSA) is 94.0 Å². The van der Waals surface area contributed by atoms with Gasteiger partial charge in [-0.05, 0) is 42.8 Å². The van der Waals surface area contributed by atoms with Gasteiger partial charge in [-0.25, -0.2) is 5.43 Å². The summed E-state index contributed by atoms with van der Waals surface area (Å²) < 4.78 is 0.962. The Balaban J connectivity index is 1.96. The first-order chi connectivity index (χ1) is 11.5. The van der Waals surface area contributed by atoms with Crippen LogP contribution in [0.3, 0.4) is 0 Å². The molecule has 2 aromatic carbocycles. The van der Waals surface area contributed by atoms with Crippen LogP contribution in [-0.4, -0.2) is 28.4 Å². The van der Waals surface area contributed by atoms with Crippen LogP contribution in [0.1, 0.15) is 18.9 Å². The fourth-order valence-corrected chi connectivity index (χ4v) is 2.25. The first-order valence-electron chi connectivity index (χ1n) is 7.36. The maximum atomic E-state index is 12.2. The number of nitrogens with zero attached hydrogens (tertiary/aromatic N) is 1.